The molecule has 5 nitrogen and oxygen atoms in total. The maximum absolute atomic E-state index is 12.0. The monoisotopic (exact) mass is 417 g/mol. The molecule has 1 aliphatic carbocycles. The first-order valence-corrected chi connectivity index (χ1v) is 8.83. The third-order valence-corrected chi connectivity index (χ3v) is 4.81. The van der Waals surface area contributed by atoms with E-state index in [4.69, 9.17) is 5.73 Å². The molecule has 1 aromatic carbocycles. The van der Waals surface area contributed by atoms with Gasteiger partial charge in [-0.15, -0.1) is 12.4 Å². The maximum atomic E-state index is 12.0. The minimum Gasteiger partial charge on any atom is -0.356 e. The van der Waals surface area contributed by atoms with Crippen molar-refractivity contribution in [3.63, 3.8) is 0 Å². The number of rotatable bonds is 6. The van der Waals surface area contributed by atoms with Gasteiger partial charge in [0.25, 0.3) is 0 Å². The summed E-state index contributed by atoms with van der Waals surface area (Å²) >= 11 is 3.39. The molecule has 0 saturated heterocycles. The van der Waals surface area contributed by atoms with Crippen LogP contribution < -0.4 is 16.4 Å². The Kier molecular flexibility index (Phi) is 8.73. The van der Waals surface area contributed by atoms with Crippen molar-refractivity contribution in [3.05, 3.63) is 28.2 Å². The number of benzene rings is 1. The molecule has 134 valence electrons. The summed E-state index contributed by atoms with van der Waals surface area (Å²) in [4.78, 5) is 23.8. The lowest BCUT2D eigenvalue weighted by atomic mass is 10.00. The van der Waals surface area contributed by atoms with Gasteiger partial charge in [0.2, 0.25) is 11.8 Å². The molecule has 7 heteroatoms. The van der Waals surface area contributed by atoms with Crippen LogP contribution in [0.3, 0.4) is 0 Å². The van der Waals surface area contributed by atoms with Crippen molar-refractivity contribution in [3.8, 4) is 0 Å². The molecule has 2 atom stereocenters. The number of carbonyl (C=O) groups is 2. The van der Waals surface area contributed by atoms with Gasteiger partial charge in [0.05, 0.1) is 0 Å². The van der Waals surface area contributed by atoms with Gasteiger partial charge in [-0.3, -0.25) is 9.59 Å². The van der Waals surface area contributed by atoms with Gasteiger partial charge in [0.15, 0.2) is 0 Å². The van der Waals surface area contributed by atoms with Crippen molar-refractivity contribution < 1.29 is 9.59 Å². The van der Waals surface area contributed by atoms with E-state index in [-0.39, 0.29) is 42.6 Å². The standard InChI is InChI=1S/C17H24BrN3O2.ClH/c1-11-5-6-13(18)10-15(11)21-16(22)7-8-20-17(23)9-12-3-2-4-14(12)19;/h5-6,10,12,14H,2-4,7-9,19H2,1H3,(H,20,23)(H,21,22);1H/t12-,14+;/m0./s1. The fraction of sp³-hybridized carbons (Fsp3) is 0.529. The third-order valence-electron chi connectivity index (χ3n) is 4.31. The van der Waals surface area contributed by atoms with Crippen LogP contribution in [0.4, 0.5) is 5.69 Å². The summed E-state index contributed by atoms with van der Waals surface area (Å²) in [5.41, 5.74) is 7.75. The van der Waals surface area contributed by atoms with Crippen LogP contribution in [0, 0.1) is 12.8 Å². The van der Waals surface area contributed by atoms with E-state index < -0.39 is 0 Å². The predicted molar refractivity (Wildman–Crippen MR) is 102 cm³/mol. The van der Waals surface area contributed by atoms with Gasteiger partial charge in [-0.05, 0) is 43.4 Å². The van der Waals surface area contributed by atoms with Crippen LogP contribution in [-0.2, 0) is 9.59 Å². The van der Waals surface area contributed by atoms with E-state index in [0.29, 0.717) is 13.0 Å². The second-order valence-corrected chi connectivity index (χ2v) is 7.08. The fourth-order valence-corrected chi connectivity index (χ4v) is 3.25. The van der Waals surface area contributed by atoms with Crippen molar-refractivity contribution in [1.82, 2.24) is 5.32 Å². The van der Waals surface area contributed by atoms with E-state index in [1.165, 1.54) is 0 Å². The second-order valence-electron chi connectivity index (χ2n) is 6.17. The molecule has 0 spiro atoms. The molecule has 2 rings (SSSR count). The Bertz CT molecular complexity index is 583. The Morgan fingerprint density at radius 1 is 1.29 bits per heavy atom. The highest BCUT2D eigenvalue weighted by Crippen LogP contribution is 2.26. The van der Waals surface area contributed by atoms with Crippen LogP contribution in [0.15, 0.2) is 22.7 Å². The molecule has 0 unspecified atom stereocenters. The zero-order chi connectivity index (χ0) is 16.8. The first kappa shape index (κ1) is 20.9. The topological polar surface area (TPSA) is 84.2 Å². The van der Waals surface area contributed by atoms with Gasteiger partial charge in [-0.2, -0.15) is 0 Å². The number of hydrogen-bond acceptors (Lipinski definition) is 3. The summed E-state index contributed by atoms with van der Waals surface area (Å²) < 4.78 is 0.916. The highest BCUT2D eigenvalue weighted by atomic mass is 79.9. The summed E-state index contributed by atoms with van der Waals surface area (Å²) in [5, 5.41) is 5.67. The van der Waals surface area contributed by atoms with Crippen LogP contribution in [-0.4, -0.2) is 24.4 Å². The van der Waals surface area contributed by atoms with Gasteiger partial charge >= 0.3 is 0 Å². The first-order chi connectivity index (χ1) is 11.0. The van der Waals surface area contributed by atoms with Gasteiger partial charge in [-0.1, -0.05) is 28.4 Å². The number of carbonyl (C=O) groups excluding carboxylic acids is 2. The second kappa shape index (κ2) is 10.0. The van der Waals surface area contributed by atoms with Crippen molar-refractivity contribution in [2.75, 3.05) is 11.9 Å². The minimum atomic E-state index is -0.107. The Balaban J connectivity index is 0.00000288. The molecule has 1 saturated carbocycles. The Morgan fingerprint density at radius 3 is 2.71 bits per heavy atom. The van der Waals surface area contributed by atoms with Crippen LogP contribution in [0.25, 0.3) is 0 Å². The van der Waals surface area contributed by atoms with E-state index in [2.05, 4.69) is 26.6 Å². The number of nitrogens with one attached hydrogen (secondary N) is 2. The molecule has 0 radical (unpaired) electrons. The largest absolute Gasteiger partial charge is 0.356 e. The van der Waals surface area contributed by atoms with Crippen LogP contribution >= 0.6 is 28.3 Å². The molecule has 1 fully saturated rings. The van der Waals surface area contributed by atoms with E-state index >= 15 is 0 Å². The summed E-state index contributed by atoms with van der Waals surface area (Å²) in [6, 6.07) is 5.88. The lowest BCUT2D eigenvalue weighted by Gasteiger charge is -2.14. The summed E-state index contributed by atoms with van der Waals surface area (Å²) in [7, 11) is 0. The van der Waals surface area contributed by atoms with Crippen molar-refractivity contribution in [2.45, 2.75) is 45.1 Å². The number of amides is 2. The molecule has 0 bridgehead atoms. The highest BCUT2D eigenvalue weighted by molar-refractivity contribution is 9.10. The van der Waals surface area contributed by atoms with E-state index in [0.717, 1.165) is 35.0 Å². The molecule has 1 aliphatic rings. The SMILES string of the molecule is Cc1ccc(Br)cc1NC(=O)CCNC(=O)C[C@@H]1CCC[C@H]1N.Cl. The molecular formula is C17H25BrClN3O2. The summed E-state index contributed by atoms with van der Waals surface area (Å²) in [5.74, 6) is 0.163. The number of aryl methyl sites for hydroxylation is 1. The van der Waals surface area contributed by atoms with Crippen molar-refractivity contribution in [1.29, 1.82) is 0 Å². The van der Waals surface area contributed by atoms with Crippen molar-refractivity contribution >= 4 is 45.8 Å². The molecular weight excluding hydrogens is 394 g/mol. The van der Waals surface area contributed by atoms with Crippen LogP contribution in [0.1, 0.15) is 37.7 Å². The summed E-state index contributed by atoms with van der Waals surface area (Å²) in [6.07, 6.45) is 3.86. The lowest BCUT2D eigenvalue weighted by molar-refractivity contribution is -0.122. The first-order valence-electron chi connectivity index (χ1n) is 8.04. The third kappa shape index (κ3) is 6.42. The molecule has 4 N–H and O–H groups in total. The molecule has 0 aromatic heterocycles. The zero-order valence-electron chi connectivity index (χ0n) is 13.8. The van der Waals surface area contributed by atoms with Gasteiger partial charge in [0, 0.05) is 35.6 Å². The number of halogens is 2. The number of anilines is 1. The smallest absolute Gasteiger partial charge is 0.226 e. The van der Waals surface area contributed by atoms with Gasteiger partial charge in [0.1, 0.15) is 0 Å². The average Bonchev–Trinajstić information content (AvgIpc) is 2.88. The normalized spacial score (nSPS) is 19.5. The van der Waals surface area contributed by atoms with Crippen LogP contribution in [0.5, 0.6) is 0 Å². The molecule has 2 amide bonds. The fourth-order valence-electron chi connectivity index (χ4n) is 2.89. The molecule has 24 heavy (non-hydrogen) atoms. The van der Waals surface area contributed by atoms with Gasteiger partial charge in [-0.25, -0.2) is 0 Å². The van der Waals surface area contributed by atoms with E-state index in [1.807, 2.05) is 25.1 Å². The van der Waals surface area contributed by atoms with E-state index in [1.54, 1.807) is 0 Å². The van der Waals surface area contributed by atoms with Crippen LogP contribution in [0.2, 0.25) is 0 Å². The van der Waals surface area contributed by atoms with Gasteiger partial charge < -0.3 is 16.4 Å². The number of hydrogen-bond donors (Lipinski definition) is 3. The summed E-state index contributed by atoms with van der Waals surface area (Å²) in [6.45, 7) is 2.29. The molecule has 1 aromatic rings. The Morgan fingerprint density at radius 2 is 2.04 bits per heavy atom. The van der Waals surface area contributed by atoms with E-state index in [9.17, 15) is 9.59 Å². The molecule has 0 aliphatic heterocycles. The quantitative estimate of drug-likeness (QED) is 0.663. The number of nitrogens with two attached hydrogens (primary N) is 1. The zero-order valence-corrected chi connectivity index (χ0v) is 16.2. The lowest BCUT2D eigenvalue weighted by Crippen LogP contribution is -2.33. The average molecular weight is 419 g/mol. The minimum absolute atomic E-state index is 0. The maximum Gasteiger partial charge on any atom is 0.226 e. The Hall–Kier alpha value is -1.11. The highest BCUT2D eigenvalue weighted by Gasteiger charge is 2.25. The predicted octanol–water partition coefficient (Wildman–Crippen LogP) is 3.14. The van der Waals surface area contributed by atoms with Crippen molar-refractivity contribution in [2.24, 2.45) is 11.7 Å². The molecule has 0 heterocycles. The Labute approximate surface area is 157 Å².